The van der Waals surface area contributed by atoms with Gasteiger partial charge in [-0.2, -0.15) is 5.26 Å². The molecule has 0 unspecified atom stereocenters. The van der Waals surface area contributed by atoms with E-state index < -0.39 is 18.0 Å². The second-order valence-corrected chi connectivity index (χ2v) is 9.61. The van der Waals surface area contributed by atoms with Gasteiger partial charge in [0.1, 0.15) is 12.6 Å². The van der Waals surface area contributed by atoms with Crippen LogP contribution in [0.3, 0.4) is 0 Å². The van der Waals surface area contributed by atoms with E-state index in [0.29, 0.717) is 11.6 Å². The summed E-state index contributed by atoms with van der Waals surface area (Å²) in [6.07, 6.45) is 0.313. The molecule has 4 amide bonds. The minimum absolute atomic E-state index is 0.168. The third-order valence-corrected chi connectivity index (χ3v) is 6.92. The average molecular weight is 521 g/mol. The molecule has 12 heteroatoms. The van der Waals surface area contributed by atoms with Crippen LogP contribution in [-0.2, 0) is 22.6 Å². The fourth-order valence-electron chi connectivity index (χ4n) is 4.32. The lowest BCUT2D eigenvalue weighted by Crippen LogP contribution is -2.54. The van der Waals surface area contributed by atoms with E-state index in [9.17, 15) is 19.6 Å². The van der Waals surface area contributed by atoms with Crippen LogP contribution in [0.4, 0.5) is 9.93 Å². The number of nitrogens with one attached hydrogen (secondary N) is 2. The molecule has 0 saturated carbocycles. The number of carbonyl (C=O) groups is 3. The third-order valence-electron chi connectivity index (χ3n) is 6.07. The number of para-hydroxylation sites is 1. The summed E-state index contributed by atoms with van der Waals surface area (Å²) >= 11 is 1.37. The largest absolute Gasteiger partial charge is 0.375 e. The number of hydrogen-bond donors (Lipinski definition) is 3. The van der Waals surface area contributed by atoms with Crippen molar-refractivity contribution in [2.75, 3.05) is 39.0 Å². The maximum Gasteiger partial charge on any atom is 0.332 e. The van der Waals surface area contributed by atoms with Crippen LogP contribution in [0, 0.1) is 11.3 Å². The molecule has 0 spiro atoms. The van der Waals surface area contributed by atoms with Gasteiger partial charge < -0.3 is 21.3 Å². The first-order chi connectivity index (χ1) is 17.9. The SMILES string of the molecule is CNC(=O)N(CC#N)N1CCN(Cc2cccc3sc(N)nc23)C(=O)[C@H](Cc2ccccc2)NC(=O)C1. The Labute approximate surface area is 218 Å². The maximum atomic E-state index is 13.8. The van der Waals surface area contributed by atoms with E-state index in [1.165, 1.54) is 28.4 Å². The molecule has 0 aliphatic carbocycles. The van der Waals surface area contributed by atoms with Gasteiger partial charge in [-0.05, 0) is 17.2 Å². The standard InChI is InChI=1S/C25H28N8O3S/c1-28-25(36)33(11-10-26)32-13-12-31(15-18-8-5-9-20-22(18)30-24(27)37-20)23(35)19(29-21(34)16-32)14-17-6-3-2-4-7-17/h2-9,19H,11-16H2,1H3,(H2,27,30)(H,28,36)(H,29,34)/t19-/m0/s1. The van der Waals surface area contributed by atoms with E-state index in [1.54, 1.807) is 4.90 Å². The molecule has 1 aromatic heterocycles. The molecule has 1 aliphatic heterocycles. The van der Waals surface area contributed by atoms with Gasteiger partial charge in [0, 0.05) is 33.1 Å². The molecule has 0 radical (unpaired) electrons. The van der Waals surface area contributed by atoms with Crippen LogP contribution in [0.2, 0.25) is 0 Å². The Morgan fingerprint density at radius 2 is 2.03 bits per heavy atom. The Morgan fingerprint density at radius 3 is 2.76 bits per heavy atom. The predicted octanol–water partition coefficient (Wildman–Crippen LogP) is 1.33. The molecule has 1 fully saturated rings. The summed E-state index contributed by atoms with van der Waals surface area (Å²) in [5.74, 6) is -0.664. The Bertz CT molecular complexity index is 1320. The smallest absolute Gasteiger partial charge is 0.332 e. The van der Waals surface area contributed by atoms with E-state index in [1.807, 2.05) is 54.6 Å². The van der Waals surface area contributed by atoms with Gasteiger partial charge in [0.15, 0.2) is 5.13 Å². The normalized spacial score (nSPS) is 16.9. The molecular formula is C25H28N8O3S. The molecule has 4 rings (SSSR count). The Kier molecular flexibility index (Phi) is 8.17. The number of nitriles is 1. The van der Waals surface area contributed by atoms with Gasteiger partial charge in [-0.1, -0.05) is 53.8 Å². The molecule has 1 atom stereocenters. The molecule has 2 heterocycles. The van der Waals surface area contributed by atoms with Crippen LogP contribution < -0.4 is 16.4 Å². The number of thiazole rings is 1. The van der Waals surface area contributed by atoms with Crippen molar-refractivity contribution in [3.05, 3.63) is 59.7 Å². The first-order valence-electron chi connectivity index (χ1n) is 11.8. The van der Waals surface area contributed by atoms with Crippen molar-refractivity contribution < 1.29 is 14.4 Å². The average Bonchev–Trinajstić information content (AvgIpc) is 3.30. The second kappa shape index (κ2) is 11.7. The van der Waals surface area contributed by atoms with Gasteiger partial charge in [-0.3, -0.25) is 9.59 Å². The lowest BCUT2D eigenvalue weighted by Gasteiger charge is -2.33. The lowest BCUT2D eigenvalue weighted by atomic mass is 10.0. The van der Waals surface area contributed by atoms with Gasteiger partial charge >= 0.3 is 6.03 Å². The number of hydrogen-bond acceptors (Lipinski definition) is 8. The number of aromatic nitrogens is 1. The van der Waals surface area contributed by atoms with Crippen LogP contribution >= 0.6 is 11.3 Å². The van der Waals surface area contributed by atoms with Crippen LogP contribution in [0.1, 0.15) is 11.1 Å². The van der Waals surface area contributed by atoms with Crippen molar-refractivity contribution in [2.24, 2.45) is 0 Å². The van der Waals surface area contributed by atoms with Crippen LogP contribution in [0.5, 0.6) is 0 Å². The number of nitrogen functional groups attached to an aromatic ring is 1. The highest BCUT2D eigenvalue weighted by Crippen LogP contribution is 2.27. The number of nitrogens with two attached hydrogens (primary N) is 1. The summed E-state index contributed by atoms with van der Waals surface area (Å²) in [6.45, 7) is 0.202. The molecule has 3 aromatic rings. The molecule has 4 N–H and O–H groups in total. The zero-order valence-electron chi connectivity index (χ0n) is 20.4. The van der Waals surface area contributed by atoms with E-state index in [4.69, 9.17) is 5.73 Å². The first kappa shape index (κ1) is 25.9. The van der Waals surface area contributed by atoms with Crippen molar-refractivity contribution in [1.29, 1.82) is 5.26 Å². The van der Waals surface area contributed by atoms with Crippen molar-refractivity contribution in [3.8, 4) is 6.07 Å². The van der Waals surface area contributed by atoms with E-state index in [-0.39, 0.29) is 38.6 Å². The Morgan fingerprint density at radius 1 is 1.24 bits per heavy atom. The Hall–Kier alpha value is -4.21. The molecule has 0 bridgehead atoms. The molecule has 11 nitrogen and oxygen atoms in total. The van der Waals surface area contributed by atoms with Crippen molar-refractivity contribution >= 4 is 44.5 Å². The highest BCUT2D eigenvalue weighted by atomic mass is 32.1. The van der Waals surface area contributed by atoms with Crippen LogP contribution in [0.25, 0.3) is 10.2 Å². The minimum atomic E-state index is -0.807. The third kappa shape index (κ3) is 6.14. The summed E-state index contributed by atoms with van der Waals surface area (Å²) in [5, 5.41) is 17.7. The van der Waals surface area contributed by atoms with E-state index in [0.717, 1.165) is 21.3 Å². The number of fused-ring (bicyclic) bond motifs is 1. The van der Waals surface area contributed by atoms with Crippen LogP contribution in [0.15, 0.2) is 48.5 Å². The molecule has 192 valence electrons. The number of hydrazine groups is 1. The van der Waals surface area contributed by atoms with Gasteiger partial charge in [0.25, 0.3) is 0 Å². The van der Waals surface area contributed by atoms with Crippen LogP contribution in [-0.4, -0.2) is 77.0 Å². The van der Waals surface area contributed by atoms with Crippen molar-refractivity contribution in [1.82, 2.24) is 30.5 Å². The van der Waals surface area contributed by atoms with E-state index >= 15 is 0 Å². The second-order valence-electron chi connectivity index (χ2n) is 8.54. The number of rotatable bonds is 6. The molecule has 2 aromatic carbocycles. The van der Waals surface area contributed by atoms with Gasteiger partial charge in [-0.15, -0.1) is 0 Å². The van der Waals surface area contributed by atoms with Crippen molar-refractivity contribution in [3.63, 3.8) is 0 Å². The number of anilines is 1. The number of carbonyl (C=O) groups excluding carboxylic acids is 3. The highest BCUT2D eigenvalue weighted by molar-refractivity contribution is 7.22. The van der Waals surface area contributed by atoms with Gasteiger partial charge in [-0.25, -0.2) is 19.8 Å². The number of urea groups is 1. The maximum absolute atomic E-state index is 13.8. The number of nitrogens with zero attached hydrogens (tertiary/aromatic N) is 5. The predicted molar refractivity (Wildman–Crippen MR) is 140 cm³/mol. The fourth-order valence-corrected chi connectivity index (χ4v) is 5.10. The van der Waals surface area contributed by atoms with Crippen molar-refractivity contribution in [2.45, 2.75) is 19.0 Å². The quantitative estimate of drug-likeness (QED) is 0.415. The summed E-state index contributed by atoms with van der Waals surface area (Å²) in [6, 6.07) is 15.8. The Balaban J connectivity index is 1.68. The minimum Gasteiger partial charge on any atom is -0.375 e. The zero-order chi connectivity index (χ0) is 26.4. The molecule has 1 saturated heterocycles. The topological polar surface area (TPSA) is 148 Å². The summed E-state index contributed by atoms with van der Waals surface area (Å²) in [4.78, 5) is 45.4. The number of benzene rings is 2. The summed E-state index contributed by atoms with van der Waals surface area (Å²) in [5.41, 5.74) is 8.40. The lowest BCUT2D eigenvalue weighted by molar-refractivity contribution is -0.136. The van der Waals surface area contributed by atoms with Gasteiger partial charge in [0.2, 0.25) is 11.8 Å². The zero-order valence-corrected chi connectivity index (χ0v) is 21.2. The fraction of sp³-hybridized carbons (Fsp3) is 0.320. The first-order valence-corrected chi connectivity index (χ1v) is 12.6. The highest BCUT2D eigenvalue weighted by Gasteiger charge is 2.32. The molecule has 37 heavy (non-hydrogen) atoms. The van der Waals surface area contributed by atoms with E-state index in [2.05, 4.69) is 15.6 Å². The molecular weight excluding hydrogens is 492 g/mol. The summed E-state index contributed by atoms with van der Waals surface area (Å²) < 4.78 is 0.919. The summed E-state index contributed by atoms with van der Waals surface area (Å²) in [7, 11) is 1.45. The van der Waals surface area contributed by atoms with Gasteiger partial charge in [0.05, 0.1) is 22.8 Å². The monoisotopic (exact) mass is 520 g/mol. The number of amides is 4. The molecule has 1 aliphatic rings.